The maximum atomic E-state index is 12.6. The fraction of sp³-hybridized carbons (Fsp3) is 0.389. The van der Waals surface area contributed by atoms with Crippen molar-refractivity contribution in [1.29, 1.82) is 0 Å². The second-order valence-electron chi connectivity index (χ2n) is 5.71. The lowest BCUT2D eigenvalue weighted by molar-refractivity contribution is 0.0991. The number of rotatable bonds is 6. The van der Waals surface area contributed by atoms with Crippen LogP contribution in [-0.2, 0) is 12.8 Å². The number of ketones is 1. The largest absolute Gasteiger partial charge is 0.493 e. The summed E-state index contributed by atoms with van der Waals surface area (Å²) >= 11 is 1.45. The van der Waals surface area contributed by atoms with E-state index in [4.69, 9.17) is 4.74 Å². The van der Waals surface area contributed by atoms with Gasteiger partial charge in [0.05, 0.1) is 18.0 Å². The minimum atomic E-state index is 0.0207. The number of carbonyl (C=O) groups excluding carboxylic acids is 1. The van der Waals surface area contributed by atoms with Crippen molar-refractivity contribution in [2.45, 2.75) is 40.5 Å². The Morgan fingerprint density at radius 2 is 2.04 bits per heavy atom. The molecule has 3 aromatic heterocycles. The van der Waals surface area contributed by atoms with E-state index in [2.05, 4.69) is 16.9 Å². The molecule has 6 heteroatoms. The number of aromatic nitrogens is 3. The first-order chi connectivity index (χ1) is 11.5. The van der Waals surface area contributed by atoms with Gasteiger partial charge in [0.1, 0.15) is 11.4 Å². The molecule has 0 saturated heterocycles. The topological polar surface area (TPSA) is 56.5 Å². The van der Waals surface area contributed by atoms with Gasteiger partial charge in [0.2, 0.25) is 0 Å². The summed E-state index contributed by atoms with van der Waals surface area (Å²) in [5, 5.41) is 0.562. The molecule has 0 bridgehead atoms. The van der Waals surface area contributed by atoms with Crippen molar-refractivity contribution in [3.8, 4) is 5.75 Å². The number of carbonyl (C=O) groups is 1. The van der Waals surface area contributed by atoms with Crippen molar-refractivity contribution < 1.29 is 9.53 Å². The summed E-state index contributed by atoms with van der Waals surface area (Å²) < 4.78 is 7.69. The summed E-state index contributed by atoms with van der Waals surface area (Å²) in [5.41, 5.74) is 3.64. The van der Waals surface area contributed by atoms with Crippen LogP contribution < -0.4 is 4.74 Å². The van der Waals surface area contributed by atoms with Gasteiger partial charge in [-0.1, -0.05) is 6.92 Å². The van der Waals surface area contributed by atoms with E-state index in [-0.39, 0.29) is 12.2 Å². The van der Waals surface area contributed by atoms with Crippen molar-refractivity contribution in [3.05, 3.63) is 45.3 Å². The van der Waals surface area contributed by atoms with E-state index >= 15 is 0 Å². The predicted molar refractivity (Wildman–Crippen MR) is 95.4 cm³/mol. The van der Waals surface area contributed by atoms with Crippen LogP contribution in [0.15, 0.2) is 18.5 Å². The van der Waals surface area contributed by atoms with Crippen LogP contribution in [0.4, 0.5) is 0 Å². The maximum absolute atomic E-state index is 12.6. The molecule has 3 aromatic rings. The van der Waals surface area contributed by atoms with E-state index in [9.17, 15) is 4.79 Å². The molecule has 0 aliphatic heterocycles. The lowest BCUT2D eigenvalue weighted by Crippen LogP contribution is -2.07. The van der Waals surface area contributed by atoms with Crippen LogP contribution in [0.3, 0.4) is 0 Å². The van der Waals surface area contributed by atoms with E-state index in [1.165, 1.54) is 11.3 Å². The Bertz CT molecular complexity index is 876. The zero-order valence-corrected chi connectivity index (χ0v) is 15.2. The van der Waals surface area contributed by atoms with Crippen LogP contribution in [0.2, 0.25) is 0 Å². The quantitative estimate of drug-likeness (QED) is 0.639. The van der Waals surface area contributed by atoms with Crippen LogP contribution in [0, 0.1) is 13.8 Å². The molecule has 0 amide bonds. The molecule has 0 aliphatic carbocycles. The second-order valence-corrected chi connectivity index (χ2v) is 6.91. The minimum Gasteiger partial charge on any atom is -0.493 e. The standard InChI is InChI=1S/C18H21N3O2S/c1-5-14-10-21-9-13(16(23-6-2)8-17(21)20-14)7-15(22)18-19-11(3)12(4)24-18/h8-10H,5-7H2,1-4H3. The van der Waals surface area contributed by atoms with E-state index in [1.54, 1.807) is 0 Å². The average molecular weight is 343 g/mol. The summed E-state index contributed by atoms with van der Waals surface area (Å²) in [4.78, 5) is 22.6. The predicted octanol–water partition coefficient (Wildman–Crippen LogP) is 3.79. The second kappa shape index (κ2) is 6.73. The smallest absolute Gasteiger partial charge is 0.195 e. The molecule has 0 spiro atoms. The van der Waals surface area contributed by atoms with Crippen LogP contribution >= 0.6 is 11.3 Å². The number of hydrogen-bond donors (Lipinski definition) is 0. The third-order valence-electron chi connectivity index (χ3n) is 3.96. The Hall–Kier alpha value is -2.21. The third kappa shape index (κ3) is 3.19. The zero-order chi connectivity index (χ0) is 17.3. The Morgan fingerprint density at radius 3 is 2.67 bits per heavy atom. The number of nitrogens with zero attached hydrogens (tertiary/aromatic N) is 3. The molecular weight excluding hydrogens is 322 g/mol. The van der Waals surface area contributed by atoms with Gasteiger partial charge in [-0.3, -0.25) is 4.79 Å². The van der Waals surface area contributed by atoms with Gasteiger partial charge in [-0.2, -0.15) is 0 Å². The molecule has 126 valence electrons. The Labute approximate surface area is 145 Å². The van der Waals surface area contributed by atoms with Gasteiger partial charge in [0, 0.05) is 35.3 Å². The summed E-state index contributed by atoms with van der Waals surface area (Å²) in [6, 6.07) is 1.91. The first kappa shape index (κ1) is 16.6. The molecule has 3 heterocycles. The normalized spacial score (nSPS) is 11.2. The number of pyridine rings is 1. The summed E-state index contributed by atoms with van der Waals surface area (Å²) in [6.07, 6.45) is 5.09. The van der Waals surface area contributed by atoms with Gasteiger partial charge in [-0.15, -0.1) is 11.3 Å². The number of ether oxygens (including phenoxy) is 1. The van der Waals surface area contributed by atoms with E-state index in [0.29, 0.717) is 11.6 Å². The lowest BCUT2D eigenvalue weighted by Gasteiger charge is -2.10. The molecule has 24 heavy (non-hydrogen) atoms. The molecule has 0 saturated carbocycles. The Kier molecular flexibility index (Phi) is 4.66. The summed E-state index contributed by atoms with van der Waals surface area (Å²) in [7, 11) is 0. The number of fused-ring (bicyclic) bond motifs is 1. The number of Topliss-reactive ketones (excluding diaryl/α,β-unsaturated/α-hetero) is 1. The van der Waals surface area contributed by atoms with E-state index in [0.717, 1.165) is 39.6 Å². The van der Waals surface area contributed by atoms with Crippen LogP contribution in [0.25, 0.3) is 5.65 Å². The molecular formula is C18H21N3O2S. The first-order valence-electron chi connectivity index (χ1n) is 8.12. The monoisotopic (exact) mass is 343 g/mol. The fourth-order valence-electron chi connectivity index (χ4n) is 2.55. The Balaban J connectivity index is 1.96. The van der Waals surface area contributed by atoms with Gasteiger partial charge in [-0.05, 0) is 27.2 Å². The lowest BCUT2D eigenvalue weighted by atomic mass is 10.1. The van der Waals surface area contributed by atoms with Crippen molar-refractivity contribution >= 4 is 22.8 Å². The molecule has 0 atom stereocenters. The molecule has 3 rings (SSSR count). The van der Waals surface area contributed by atoms with Crippen molar-refractivity contribution in [1.82, 2.24) is 14.4 Å². The van der Waals surface area contributed by atoms with Gasteiger partial charge in [0.15, 0.2) is 10.8 Å². The summed E-state index contributed by atoms with van der Waals surface area (Å²) in [5.74, 6) is 0.740. The SMILES string of the molecule is CCOc1cc2nc(CC)cn2cc1CC(=O)c1nc(C)c(C)s1. The molecule has 0 N–H and O–H groups in total. The maximum Gasteiger partial charge on any atom is 0.195 e. The number of imidazole rings is 1. The highest BCUT2D eigenvalue weighted by molar-refractivity contribution is 7.13. The van der Waals surface area contributed by atoms with Crippen LogP contribution in [0.1, 0.15) is 45.5 Å². The van der Waals surface area contributed by atoms with Gasteiger partial charge < -0.3 is 9.14 Å². The number of thiazole rings is 1. The molecule has 0 radical (unpaired) electrons. The van der Waals surface area contributed by atoms with Crippen molar-refractivity contribution in [2.24, 2.45) is 0 Å². The van der Waals surface area contributed by atoms with Crippen molar-refractivity contribution in [2.75, 3.05) is 6.61 Å². The van der Waals surface area contributed by atoms with Gasteiger partial charge >= 0.3 is 0 Å². The van der Waals surface area contributed by atoms with Gasteiger partial charge in [0.25, 0.3) is 0 Å². The molecule has 0 unspecified atom stereocenters. The Morgan fingerprint density at radius 1 is 1.25 bits per heavy atom. The van der Waals surface area contributed by atoms with Crippen LogP contribution in [0.5, 0.6) is 5.75 Å². The third-order valence-corrected chi connectivity index (χ3v) is 5.08. The highest BCUT2D eigenvalue weighted by Gasteiger charge is 2.17. The fourth-order valence-corrected chi connectivity index (χ4v) is 3.40. The first-order valence-corrected chi connectivity index (χ1v) is 8.94. The highest BCUT2D eigenvalue weighted by Crippen LogP contribution is 2.25. The number of hydrogen-bond acceptors (Lipinski definition) is 5. The molecule has 0 aliphatic rings. The minimum absolute atomic E-state index is 0.0207. The van der Waals surface area contributed by atoms with Crippen LogP contribution in [-0.4, -0.2) is 26.8 Å². The van der Waals surface area contributed by atoms with Crippen molar-refractivity contribution in [3.63, 3.8) is 0 Å². The summed E-state index contributed by atoms with van der Waals surface area (Å²) in [6.45, 7) is 8.47. The molecule has 5 nitrogen and oxygen atoms in total. The van der Waals surface area contributed by atoms with E-state index < -0.39 is 0 Å². The van der Waals surface area contributed by atoms with E-state index in [1.807, 2.05) is 43.6 Å². The number of aryl methyl sites for hydroxylation is 3. The highest BCUT2D eigenvalue weighted by atomic mass is 32.1. The molecule has 0 fully saturated rings. The average Bonchev–Trinajstić information content (AvgIpc) is 3.11. The zero-order valence-electron chi connectivity index (χ0n) is 14.4. The molecule has 0 aromatic carbocycles. The van der Waals surface area contributed by atoms with Gasteiger partial charge in [-0.25, -0.2) is 9.97 Å².